The van der Waals surface area contributed by atoms with Crippen molar-refractivity contribution >= 4 is 55.3 Å². The van der Waals surface area contributed by atoms with Gasteiger partial charge in [-0.2, -0.15) is 0 Å². The zero-order valence-corrected chi connectivity index (χ0v) is 12.1. The number of aromatic nitrogens is 2. The third-order valence-electron chi connectivity index (χ3n) is 4.03. The van der Waals surface area contributed by atoms with E-state index in [1.807, 2.05) is 24.3 Å². The highest BCUT2D eigenvalue weighted by molar-refractivity contribution is 6.31. The first-order valence-electron chi connectivity index (χ1n) is 6.97. The van der Waals surface area contributed by atoms with Crippen LogP contribution in [0.5, 0.6) is 0 Å². The van der Waals surface area contributed by atoms with Crippen LogP contribution in [-0.4, -0.2) is 9.97 Å². The first-order valence-corrected chi connectivity index (χ1v) is 7.35. The number of hydrogen-bond acceptors (Lipinski definition) is 3. The molecule has 22 heavy (non-hydrogen) atoms. The second-order valence-electron chi connectivity index (χ2n) is 5.24. The summed E-state index contributed by atoms with van der Waals surface area (Å²) < 4.78 is 6.00. The quantitative estimate of drug-likeness (QED) is 0.363. The lowest BCUT2D eigenvalue weighted by atomic mass is 9.98. The second kappa shape index (κ2) is 4.18. The van der Waals surface area contributed by atoms with Crippen LogP contribution in [0.3, 0.4) is 0 Å². The minimum absolute atomic E-state index is 0.368. The largest absolute Gasteiger partial charge is 0.436 e. The Labute approximate surface area is 130 Å². The lowest BCUT2D eigenvalue weighted by molar-refractivity contribution is 0.656. The van der Waals surface area contributed by atoms with E-state index >= 15 is 0 Å². The maximum Gasteiger partial charge on any atom is 0.246 e. The molecule has 0 unspecified atom stereocenters. The standard InChI is InChI=1S/C18H9ClN2O/c19-14-9-20-18-16(21-14)15-12-7-3-1-5-10(12)11-6-2-4-8-13(11)17(15)22-18/h1-9H. The van der Waals surface area contributed by atoms with Gasteiger partial charge in [-0.3, -0.25) is 0 Å². The molecule has 4 heteroatoms. The van der Waals surface area contributed by atoms with Crippen molar-refractivity contribution in [1.29, 1.82) is 0 Å². The van der Waals surface area contributed by atoms with Crippen molar-refractivity contribution in [1.82, 2.24) is 9.97 Å². The Balaban J connectivity index is 2.22. The zero-order chi connectivity index (χ0) is 14.7. The summed E-state index contributed by atoms with van der Waals surface area (Å²) in [5.74, 6) is 0. The summed E-state index contributed by atoms with van der Waals surface area (Å²) in [6.07, 6.45) is 1.51. The first-order chi connectivity index (χ1) is 10.8. The summed E-state index contributed by atoms with van der Waals surface area (Å²) in [7, 11) is 0. The SMILES string of the molecule is Clc1cnc2oc3c4ccccc4c4ccccc4c3c2n1. The molecule has 5 rings (SSSR count). The number of furan rings is 1. The average Bonchev–Trinajstić information content (AvgIpc) is 2.94. The molecule has 3 nitrogen and oxygen atoms in total. The molecule has 0 spiro atoms. The van der Waals surface area contributed by atoms with E-state index in [-0.39, 0.29) is 0 Å². The molecule has 5 aromatic rings. The maximum absolute atomic E-state index is 6.03. The van der Waals surface area contributed by atoms with Crippen molar-refractivity contribution in [3.8, 4) is 0 Å². The predicted molar refractivity (Wildman–Crippen MR) is 89.3 cm³/mol. The van der Waals surface area contributed by atoms with Crippen LogP contribution < -0.4 is 0 Å². The normalized spacial score (nSPS) is 11.9. The monoisotopic (exact) mass is 304 g/mol. The Kier molecular flexibility index (Phi) is 2.27. The van der Waals surface area contributed by atoms with E-state index in [1.54, 1.807) is 0 Å². The maximum atomic E-state index is 6.03. The fourth-order valence-electron chi connectivity index (χ4n) is 3.14. The molecule has 0 aliphatic carbocycles. The van der Waals surface area contributed by atoms with Gasteiger partial charge in [-0.25, -0.2) is 9.97 Å². The molecule has 0 radical (unpaired) electrons. The van der Waals surface area contributed by atoms with Gasteiger partial charge in [0, 0.05) is 5.39 Å². The Morgan fingerprint density at radius 1 is 0.818 bits per heavy atom. The Bertz CT molecular complexity index is 1190. The van der Waals surface area contributed by atoms with Gasteiger partial charge in [-0.1, -0.05) is 60.1 Å². The molecule has 0 amide bonds. The molecule has 2 heterocycles. The highest BCUT2D eigenvalue weighted by atomic mass is 35.5. The number of benzene rings is 3. The van der Waals surface area contributed by atoms with Gasteiger partial charge in [0.15, 0.2) is 0 Å². The molecule has 0 aliphatic rings. The van der Waals surface area contributed by atoms with E-state index in [0.29, 0.717) is 16.4 Å². The highest BCUT2D eigenvalue weighted by Crippen LogP contribution is 2.39. The summed E-state index contributed by atoms with van der Waals surface area (Å²) in [6.45, 7) is 0. The topological polar surface area (TPSA) is 38.9 Å². The van der Waals surface area contributed by atoms with Crippen molar-refractivity contribution < 1.29 is 4.42 Å². The molecule has 0 aliphatic heterocycles. The van der Waals surface area contributed by atoms with Gasteiger partial charge in [0.2, 0.25) is 5.71 Å². The Morgan fingerprint density at radius 3 is 2.23 bits per heavy atom. The van der Waals surface area contributed by atoms with E-state index in [2.05, 4.69) is 34.2 Å². The third-order valence-corrected chi connectivity index (χ3v) is 4.21. The summed E-state index contributed by atoms with van der Waals surface area (Å²) >= 11 is 6.03. The third kappa shape index (κ3) is 1.46. The van der Waals surface area contributed by atoms with Crippen LogP contribution >= 0.6 is 11.6 Å². The fourth-order valence-corrected chi connectivity index (χ4v) is 3.27. The van der Waals surface area contributed by atoms with Crippen molar-refractivity contribution in [2.75, 3.05) is 0 Å². The predicted octanol–water partition coefficient (Wildman–Crippen LogP) is 5.34. The molecule has 0 saturated carbocycles. The molecule has 0 N–H and O–H groups in total. The number of rotatable bonds is 0. The number of fused-ring (bicyclic) bond motifs is 8. The summed E-state index contributed by atoms with van der Waals surface area (Å²) in [5, 5.41) is 5.84. The Morgan fingerprint density at radius 2 is 1.45 bits per heavy atom. The van der Waals surface area contributed by atoms with Gasteiger partial charge < -0.3 is 4.42 Å². The zero-order valence-electron chi connectivity index (χ0n) is 11.4. The minimum atomic E-state index is 0.368. The lowest BCUT2D eigenvalue weighted by Crippen LogP contribution is -1.82. The molecule has 3 aromatic carbocycles. The molecule has 0 fully saturated rings. The molecule has 2 aromatic heterocycles. The fraction of sp³-hybridized carbons (Fsp3) is 0. The van der Waals surface area contributed by atoms with Gasteiger partial charge in [-0.05, 0) is 16.2 Å². The minimum Gasteiger partial charge on any atom is -0.436 e. The van der Waals surface area contributed by atoms with Crippen LogP contribution in [0, 0.1) is 0 Å². The number of halogens is 1. The van der Waals surface area contributed by atoms with Crippen LogP contribution in [0.25, 0.3) is 43.7 Å². The van der Waals surface area contributed by atoms with Crippen LogP contribution in [0.1, 0.15) is 0 Å². The van der Waals surface area contributed by atoms with Crippen molar-refractivity contribution in [3.05, 3.63) is 59.9 Å². The van der Waals surface area contributed by atoms with Gasteiger partial charge in [-0.15, -0.1) is 0 Å². The second-order valence-corrected chi connectivity index (χ2v) is 5.63. The highest BCUT2D eigenvalue weighted by Gasteiger charge is 2.17. The van der Waals surface area contributed by atoms with E-state index < -0.39 is 0 Å². The van der Waals surface area contributed by atoms with Crippen LogP contribution in [0.2, 0.25) is 5.15 Å². The average molecular weight is 305 g/mol. The van der Waals surface area contributed by atoms with E-state index in [9.17, 15) is 0 Å². The van der Waals surface area contributed by atoms with Gasteiger partial charge >= 0.3 is 0 Å². The molecule has 104 valence electrons. The van der Waals surface area contributed by atoms with Crippen molar-refractivity contribution in [2.24, 2.45) is 0 Å². The first kappa shape index (κ1) is 12.0. The van der Waals surface area contributed by atoms with Gasteiger partial charge in [0.05, 0.1) is 11.6 Å². The lowest BCUT2D eigenvalue weighted by Gasteiger charge is -2.05. The molecule has 0 bridgehead atoms. The molecular weight excluding hydrogens is 296 g/mol. The molecular formula is C18H9ClN2O. The van der Waals surface area contributed by atoms with Crippen molar-refractivity contribution in [2.45, 2.75) is 0 Å². The molecule has 0 saturated heterocycles. The number of hydrogen-bond donors (Lipinski definition) is 0. The van der Waals surface area contributed by atoms with E-state index in [0.717, 1.165) is 27.1 Å². The van der Waals surface area contributed by atoms with E-state index in [4.69, 9.17) is 16.0 Å². The van der Waals surface area contributed by atoms with Crippen LogP contribution in [0.4, 0.5) is 0 Å². The smallest absolute Gasteiger partial charge is 0.246 e. The summed E-state index contributed by atoms with van der Waals surface area (Å²) in [5.41, 5.74) is 2.04. The molecule has 0 atom stereocenters. The van der Waals surface area contributed by atoms with Crippen LogP contribution in [0.15, 0.2) is 59.1 Å². The van der Waals surface area contributed by atoms with E-state index in [1.165, 1.54) is 11.6 Å². The summed E-state index contributed by atoms with van der Waals surface area (Å²) in [4.78, 5) is 8.70. The van der Waals surface area contributed by atoms with Gasteiger partial charge in [0.1, 0.15) is 16.3 Å². The van der Waals surface area contributed by atoms with Crippen LogP contribution in [-0.2, 0) is 0 Å². The number of nitrogens with zero attached hydrogens (tertiary/aromatic N) is 2. The summed E-state index contributed by atoms with van der Waals surface area (Å²) in [6, 6.07) is 16.5. The van der Waals surface area contributed by atoms with Crippen molar-refractivity contribution in [3.63, 3.8) is 0 Å². The Hall–Kier alpha value is -2.65. The van der Waals surface area contributed by atoms with Gasteiger partial charge in [0.25, 0.3) is 0 Å².